The van der Waals surface area contributed by atoms with Crippen LogP contribution in [0.25, 0.3) is 6.08 Å². The first kappa shape index (κ1) is 17.7. The maximum absolute atomic E-state index is 11.8. The molecule has 1 N–H and O–H groups in total. The van der Waals surface area contributed by atoms with E-state index in [-0.39, 0.29) is 18.6 Å². The Morgan fingerprint density at radius 2 is 2.12 bits per heavy atom. The predicted molar refractivity (Wildman–Crippen MR) is 93.9 cm³/mol. The highest BCUT2D eigenvalue weighted by molar-refractivity contribution is 7.10. The van der Waals surface area contributed by atoms with Crippen molar-refractivity contribution in [1.29, 1.82) is 0 Å². The molecule has 0 aliphatic rings. The maximum Gasteiger partial charge on any atom is 0.331 e. The van der Waals surface area contributed by atoms with Crippen molar-refractivity contribution in [2.45, 2.75) is 13.0 Å². The Morgan fingerprint density at radius 1 is 1.29 bits per heavy atom. The minimum atomic E-state index is -0.572. The zero-order chi connectivity index (χ0) is 17.4. The van der Waals surface area contributed by atoms with Gasteiger partial charge < -0.3 is 14.8 Å². The number of hydrogen-bond acceptors (Lipinski definition) is 5. The summed E-state index contributed by atoms with van der Waals surface area (Å²) in [5, 5.41) is 4.73. The van der Waals surface area contributed by atoms with Gasteiger partial charge in [0.1, 0.15) is 5.75 Å². The molecule has 2 rings (SSSR count). The van der Waals surface area contributed by atoms with Crippen molar-refractivity contribution in [2.24, 2.45) is 0 Å². The number of benzene rings is 1. The normalized spacial score (nSPS) is 11.9. The zero-order valence-corrected chi connectivity index (χ0v) is 14.3. The van der Waals surface area contributed by atoms with Crippen LogP contribution in [0.15, 0.2) is 47.9 Å². The number of carbonyl (C=O) groups excluding carboxylic acids is 2. The highest BCUT2D eigenvalue weighted by Gasteiger charge is 2.11. The van der Waals surface area contributed by atoms with Gasteiger partial charge in [-0.1, -0.05) is 18.2 Å². The predicted octanol–water partition coefficient (Wildman–Crippen LogP) is 3.19. The van der Waals surface area contributed by atoms with Crippen molar-refractivity contribution in [1.82, 2.24) is 5.32 Å². The van der Waals surface area contributed by atoms with E-state index in [0.717, 1.165) is 10.4 Å². The van der Waals surface area contributed by atoms with E-state index >= 15 is 0 Å². The quantitative estimate of drug-likeness (QED) is 0.618. The Balaban J connectivity index is 1.77. The lowest BCUT2D eigenvalue weighted by Crippen LogP contribution is -2.30. The van der Waals surface area contributed by atoms with E-state index in [1.807, 2.05) is 42.6 Å². The van der Waals surface area contributed by atoms with Crippen LogP contribution in [0.2, 0.25) is 0 Å². The molecule has 1 aromatic carbocycles. The Bertz CT molecular complexity index is 710. The Hall–Kier alpha value is -2.60. The number of amides is 1. The fourth-order valence-corrected chi connectivity index (χ4v) is 2.72. The van der Waals surface area contributed by atoms with Gasteiger partial charge in [0.15, 0.2) is 6.61 Å². The summed E-state index contributed by atoms with van der Waals surface area (Å²) in [7, 11) is 1.58. The minimum Gasteiger partial charge on any atom is -0.497 e. The lowest BCUT2D eigenvalue weighted by Gasteiger charge is -2.11. The highest BCUT2D eigenvalue weighted by atomic mass is 32.1. The topological polar surface area (TPSA) is 64.6 Å². The number of ether oxygens (including phenoxy) is 2. The van der Waals surface area contributed by atoms with Gasteiger partial charge >= 0.3 is 5.97 Å². The molecule has 0 bridgehead atoms. The molecule has 1 heterocycles. The Labute approximate surface area is 144 Å². The molecule has 0 aliphatic carbocycles. The van der Waals surface area contributed by atoms with Crippen LogP contribution in [0.3, 0.4) is 0 Å². The number of thiophene rings is 1. The number of hydrogen-bond donors (Lipinski definition) is 1. The van der Waals surface area contributed by atoms with E-state index in [1.165, 1.54) is 6.08 Å². The van der Waals surface area contributed by atoms with Gasteiger partial charge in [-0.3, -0.25) is 4.79 Å². The molecule has 1 aromatic heterocycles. The van der Waals surface area contributed by atoms with Crippen molar-refractivity contribution < 1.29 is 19.1 Å². The van der Waals surface area contributed by atoms with Gasteiger partial charge in [-0.15, -0.1) is 11.3 Å². The second-order valence-corrected chi connectivity index (χ2v) is 6.00. The van der Waals surface area contributed by atoms with Crippen LogP contribution in [-0.2, 0) is 14.3 Å². The fraction of sp³-hybridized carbons (Fsp3) is 0.222. The van der Waals surface area contributed by atoms with Crippen LogP contribution in [0.1, 0.15) is 23.4 Å². The Morgan fingerprint density at radius 3 is 2.83 bits per heavy atom. The van der Waals surface area contributed by atoms with Crippen LogP contribution in [0.5, 0.6) is 5.75 Å². The first-order valence-electron chi connectivity index (χ1n) is 7.40. The lowest BCUT2D eigenvalue weighted by molar-refractivity contribution is -0.144. The first-order valence-corrected chi connectivity index (χ1v) is 8.28. The van der Waals surface area contributed by atoms with Gasteiger partial charge in [-0.2, -0.15) is 0 Å². The fourth-order valence-electron chi connectivity index (χ4n) is 1.99. The summed E-state index contributed by atoms with van der Waals surface area (Å²) < 4.78 is 10.0. The average molecular weight is 345 g/mol. The SMILES string of the molecule is COc1cccc(/C=C/C(=O)OCC(=O)N[C@@H](C)c2cccs2)c1. The van der Waals surface area contributed by atoms with Crippen LogP contribution >= 0.6 is 11.3 Å². The van der Waals surface area contributed by atoms with Crippen LogP contribution in [0, 0.1) is 0 Å². The molecule has 1 atom stereocenters. The van der Waals surface area contributed by atoms with Crippen LogP contribution in [-0.4, -0.2) is 25.6 Å². The molecular formula is C18H19NO4S. The number of rotatable bonds is 7. The Kier molecular flexibility index (Phi) is 6.57. The zero-order valence-electron chi connectivity index (χ0n) is 13.5. The van der Waals surface area contributed by atoms with Crippen molar-refractivity contribution in [2.75, 3.05) is 13.7 Å². The maximum atomic E-state index is 11.8. The van der Waals surface area contributed by atoms with Gasteiger partial charge in [-0.25, -0.2) is 4.79 Å². The summed E-state index contributed by atoms with van der Waals surface area (Å²) in [6, 6.07) is 11.0. The third-order valence-corrected chi connectivity index (χ3v) is 4.25. The van der Waals surface area contributed by atoms with Crippen molar-refractivity contribution in [3.63, 3.8) is 0 Å². The second-order valence-electron chi connectivity index (χ2n) is 5.02. The van der Waals surface area contributed by atoms with Crippen LogP contribution in [0.4, 0.5) is 0 Å². The summed E-state index contributed by atoms with van der Waals surface area (Å²) >= 11 is 1.56. The van der Waals surface area contributed by atoms with E-state index in [2.05, 4.69) is 5.32 Å². The molecule has 24 heavy (non-hydrogen) atoms. The molecule has 0 unspecified atom stereocenters. The largest absolute Gasteiger partial charge is 0.497 e. The molecule has 0 fully saturated rings. The number of carbonyl (C=O) groups is 2. The van der Waals surface area contributed by atoms with Crippen LogP contribution < -0.4 is 10.1 Å². The van der Waals surface area contributed by atoms with Crippen molar-refractivity contribution in [3.05, 3.63) is 58.3 Å². The highest BCUT2D eigenvalue weighted by Crippen LogP contribution is 2.17. The molecule has 0 saturated carbocycles. The van der Waals surface area contributed by atoms with Gasteiger partial charge in [-0.05, 0) is 42.1 Å². The van der Waals surface area contributed by atoms with Gasteiger partial charge in [0.25, 0.3) is 5.91 Å². The summed E-state index contributed by atoms with van der Waals surface area (Å²) in [4.78, 5) is 24.5. The molecule has 0 aliphatic heterocycles. The minimum absolute atomic E-state index is 0.108. The number of esters is 1. The summed E-state index contributed by atoms with van der Waals surface area (Å²) in [5.74, 6) is -0.205. The second kappa shape index (κ2) is 8.88. The standard InChI is InChI=1S/C18H19NO4S/c1-13(16-7-4-10-24-16)19-17(20)12-23-18(21)9-8-14-5-3-6-15(11-14)22-2/h3-11,13H,12H2,1-2H3,(H,19,20)/b9-8+/t13-/m0/s1. The van der Waals surface area contributed by atoms with Gasteiger partial charge in [0.2, 0.25) is 0 Å². The average Bonchev–Trinajstić information content (AvgIpc) is 3.13. The summed E-state index contributed by atoms with van der Waals surface area (Å²) in [6.07, 6.45) is 2.89. The van der Waals surface area contributed by atoms with E-state index < -0.39 is 5.97 Å². The van der Waals surface area contributed by atoms with Crippen molar-refractivity contribution >= 4 is 29.3 Å². The molecular weight excluding hydrogens is 326 g/mol. The van der Waals surface area contributed by atoms with Crippen molar-refractivity contribution in [3.8, 4) is 5.75 Å². The molecule has 0 saturated heterocycles. The number of methoxy groups -OCH3 is 1. The van der Waals surface area contributed by atoms with Gasteiger partial charge in [0.05, 0.1) is 13.2 Å². The number of nitrogens with one attached hydrogen (secondary N) is 1. The molecule has 2 aromatic rings. The molecule has 6 heteroatoms. The van der Waals surface area contributed by atoms with E-state index in [1.54, 1.807) is 30.6 Å². The first-order chi connectivity index (χ1) is 11.6. The third-order valence-electron chi connectivity index (χ3n) is 3.20. The van der Waals surface area contributed by atoms with E-state index in [4.69, 9.17) is 9.47 Å². The molecule has 126 valence electrons. The third kappa shape index (κ3) is 5.55. The molecule has 0 radical (unpaired) electrons. The monoisotopic (exact) mass is 345 g/mol. The van der Waals surface area contributed by atoms with E-state index in [0.29, 0.717) is 5.75 Å². The van der Waals surface area contributed by atoms with Gasteiger partial charge in [0, 0.05) is 11.0 Å². The smallest absolute Gasteiger partial charge is 0.331 e. The van der Waals surface area contributed by atoms with E-state index in [9.17, 15) is 9.59 Å². The molecule has 0 spiro atoms. The molecule has 5 nitrogen and oxygen atoms in total. The lowest BCUT2D eigenvalue weighted by atomic mass is 10.2. The summed E-state index contributed by atoms with van der Waals surface area (Å²) in [6.45, 7) is 1.57. The summed E-state index contributed by atoms with van der Waals surface area (Å²) in [5.41, 5.74) is 0.807. The molecule has 1 amide bonds.